The number of nitrogens with zero attached hydrogens (tertiary/aromatic N) is 1. The van der Waals surface area contributed by atoms with E-state index in [0.29, 0.717) is 17.1 Å². The monoisotopic (exact) mass is 300 g/mol. The van der Waals surface area contributed by atoms with Crippen molar-refractivity contribution in [1.29, 1.82) is 0 Å². The predicted octanol–water partition coefficient (Wildman–Crippen LogP) is 2.35. The van der Waals surface area contributed by atoms with Crippen molar-refractivity contribution in [3.8, 4) is 11.5 Å². The summed E-state index contributed by atoms with van der Waals surface area (Å²) < 4.78 is 12.1. The van der Waals surface area contributed by atoms with Crippen LogP contribution >= 0.6 is 0 Å². The van der Waals surface area contributed by atoms with Crippen molar-refractivity contribution in [2.45, 2.75) is 19.9 Å². The number of ketones is 1. The molecule has 0 amide bonds. The van der Waals surface area contributed by atoms with Crippen molar-refractivity contribution in [1.82, 2.24) is 0 Å². The van der Waals surface area contributed by atoms with E-state index in [1.807, 2.05) is 42.1 Å². The van der Waals surface area contributed by atoms with E-state index < -0.39 is 5.97 Å². The lowest BCUT2D eigenvalue weighted by Gasteiger charge is -2.11. The van der Waals surface area contributed by atoms with Crippen molar-refractivity contribution < 1.29 is 23.6 Å². The van der Waals surface area contributed by atoms with Gasteiger partial charge in [0.1, 0.15) is 0 Å². The zero-order chi connectivity index (χ0) is 16.1. The van der Waals surface area contributed by atoms with Gasteiger partial charge >= 0.3 is 5.97 Å². The van der Waals surface area contributed by atoms with Crippen LogP contribution < -0.4 is 14.0 Å². The van der Waals surface area contributed by atoms with E-state index in [-0.39, 0.29) is 11.8 Å². The molecule has 0 saturated carbocycles. The van der Waals surface area contributed by atoms with Crippen LogP contribution in [0.3, 0.4) is 0 Å². The lowest BCUT2D eigenvalue weighted by Crippen LogP contribution is -2.41. The molecular weight excluding hydrogens is 282 g/mol. The molecule has 0 aliphatic carbocycles. The third kappa shape index (κ3) is 3.49. The van der Waals surface area contributed by atoms with Gasteiger partial charge in [-0.25, -0.2) is 0 Å². The van der Waals surface area contributed by atoms with E-state index >= 15 is 0 Å². The average molecular weight is 300 g/mol. The van der Waals surface area contributed by atoms with E-state index in [9.17, 15) is 9.59 Å². The Kier molecular flexibility index (Phi) is 4.88. The van der Waals surface area contributed by atoms with E-state index in [1.54, 1.807) is 18.2 Å². The molecule has 2 rings (SSSR count). The first-order valence-corrected chi connectivity index (χ1v) is 6.89. The van der Waals surface area contributed by atoms with Crippen LogP contribution in [-0.4, -0.2) is 18.9 Å². The molecule has 5 heteroatoms. The molecule has 0 aliphatic heterocycles. The zero-order valence-electron chi connectivity index (χ0n) is 12.8. The Morgan fingerprint density at radius 3 is 2.36 bits per heavy atom. The summed E-state index contributed by atoms with van der Waals surface area (Å²) in [6.45, 7) is 3.14. The van der Waals surface area contributed by atoms with Crippen molar-refractivity contribution in [3.05, 3.63) is 54.4 Å². The summed E-state index contributed by atoms with van der Waals surface area (Å²) >= 11 is 0. The van der Waals surface area contributed by atoms with Crippen LogP contribution in [0.4, 0.5) is 0 Å². The Bertz CT molecular complexity index is 682. The van der Waals surface area contributed by atoms with Crippen molar-refractivity contribution in [2.24, 2.45) is 0 Å². The number of carbonyl (C=O) groups excluding carboxylic acids is 2. The van der Waals surface area contributed by atoms with Crippen LogP contribution in [0.1, 0.15) is 30.2 Å². The number of methoxy groups -OCH3 is 1. The van der Waals surface area contributed by atoms with Crippen molar-refractivity contribution >= 4 is 11.8 Å². The number of aromatic nitrogens is 1. The van der Waals surface area contributed by atoms with E-state index in [2.05, 4.69) is 0 Å². The number of esters is 1. The van der Waals surface area contributed by atoms with Gasteiger partial charge in [0.05, 0.1) is 7.11 Å². The maximum absolute atomic E-state index is 12.6. The van der Waals surface area contributed by atoms with E-state index in [1.165, 1.54) is 14.0 Å². The smallest absolute Gasteiger partial charge is 0.308 e. The highest BCUT2D eigenvalue weighted by atomic mass is 16.6. The lowest BCUT2D eigenvalue weighted by atomic mass is 10.0. The highest BCUT2D eigenvalue weighted by Crippen LogP contribution is 2.29. The molecule has 1 atom stereocenters. The Labute approximate surface area is 129 Å². The fourth-order valence-electron chi connectivity index (χ4n) is 2.11. The quantitative estimate of drug-likeness (QED) is 0.368. The van der Waals surface area contributed by atoms with Gasteiger partial charge in [-0.2, -0.15) is 4.57 Å². The molecular formula is C17H18NO4+. The standard InChI is InChI=1S/C17H18NO4/c1-12(18-9-5-4-6-10-18)17(20)14-7-8-15(22-13(2)19)16(11-14)21-3/h4-12H,1-3H3/q+1. The minimum absolute atomic E-state index is 0.0520. The SMILES string of the molecule is COc1cc(C(=O)C(C)[n+]2ccccc2)ccc1OC(C)=O. The lowest BCUT2D eigenvalue weighted by molar-refractivity contribution is -0.704. The molecule has 0 spiro atoms. The van der Waals surface area contributed by atoms with Gasteiger partial charge < -0.3 is 9.47 Å². The predicted molar refractivity (Wildman–Crippen MR) is 80.0 cm³/mol. The summed E-state index contributed by atoms with van der Waals surface area (Å²) in [7, 11) is 1.46. The zero-order valence-corrected chi connectivity index (χ0v) is 12.8. The third-order valence-electron chi connectivity index (χ3n) is 3.27. The molecule has 5 nitrogen and oxygen atoms in total. The van der Waals surface area contributed by atoms with Crippen molar-refractivity contribution in [3.63, 3.8) is 0 Å². The van der Waals surface area contributed by atoms with Crippen LogP contribution in [0.25, 0.3) is 0 Å². The number of Topliss-reactive ketones (excluding diaryl/α,β-unsaturated/α-hetero) is 1. The normalized spacial score (nSPS) is 11.6. The highest BCUT2D eigenvalue weighted by Gasteiger charge is 2.24. The minimum atomic E-state index is -0.439. The molecule has 0 saturated heterocycles. The Balaban J connectivity index is 2.28. The molecule has 0 bridgehead atoms. The Morgan fingerprint density at radius 1 is 1.09 bits per heavy atom. The number of ether oxygens (including phenoxy) is 2. The molecule has 0 radical (unpaired) electrons. The Morgan fingerprint density at radius 2 is 1.77 bits per heavy atom. The van der Waals surface area contributed by atoms with Crippen LogP contribution in [0.2, 0.25) is 0 Å². The van der Waals surface area contributed by atoms with E-state index in [4.69, 9.17) is 9.47 Å². The topological polar surface area (TPSA) is 56.5 Å². The summed E-state index contributed by atoms with van der Waals surface area (Å²) in [5, 5.41) is 0. The molecule has 22 heavy (non-hydrogen) atoms. The van der Waals surface area contributed by atoms with Crippen LogP contribution in [0.5, 0.6) is 11.5 Å². The van der Waals surface area contributed by atoms with Gasteiger partial charge in [0.15, 0.2) is 23.9 Å². The molecule has 2 aromatic rings. The molecule has 1 unspecified atom stereocenters. The van der Waals surface area contributed by atoms with Gasteiger partial charge in [0.25, 0.3) is 0 Å². The van der Waals surface area contributed by atoms with Gasteiger partial charge in [0, 0.05) is 31.5 Å². The van der Waals surface area contributed by atoms with Crippen LogP contribution in [0.15, 0.2) is 48.8 Å². The summed E-state index contributed by atoms with van der Waals surface area (Å²) in [6, 6.07) is 10.1. The average Bonchev–Trinajstić information content (AvgIpc) is 2.54. The number of hydrogen-bond donors (Lipinski definition) is 0. The number of rotatable bonds is 5. The Hall–Kier alpha value is -2.69. The van der Waals surface area contributed by atoms with E-state index in [0.717, 1.165) is 0 Å². The summed E-state index contributed by atoms with van der Waals surface area (Å²) in [5.74, 6) is 0.160. The molecule has 0 aliphatic rings. The molecule has 1 aromatic heterocycles. The van der Waals surface area contributed by atoms with Gasteiger partial charge in [-0.3, -0.25) is 9.59 Å². The highest BCUT2D eigenvalue weighted by molar-refractivity contribution is 5.98. The second-order valence-corrected chi connectivity index (χ2v) is 4.82. The molecule has 1 aromatic carbocycles. The fourth-order valence-corrected chi connectivity index (χ4v) is 2.11. The van der Waals surface area contributed by atoms with Gasteiger partial charge in [-0.05, 0) is 18.2 Å². The van der Waals surface area contributed by atoms with Gasteiger partial charge in [-0.1, -0.05) is 6.07 Å². The molecule has 0 N–H and O–H groups in total. The first-order valence-electron chi connectivity index (χ1n) is 6.89. The van der Waals surface area contributed by atoms with Crippen molar-refractivity contribution in [2.75, 3.05) is 7.11 Å². The van der Waals surface area contributed by atoms with Gasteiger partial charge in [0.2, 0.25) is 11.8 Å². The second kappa shape index (κ2) is 6.85. The molecule has 0 fully saturated rings. The first kappa shape index (κ1) is 15.7. The van der Waals surface area contributed by atoms with Crippen LogP contribution in [-0.2, 0) is 4.79 Å². The van der Waals surface area contributed by atoms with Crippen LogP contribution in [0, 0.1) is 0 Å². The number of pyridine rings is 1. The molecule has 1 heterocycles. The first-order chi connectivity index (χ1) is 10.5. The second-order valence-electron chi connectivity index (χ2n) is 4.82. The number of hydrogen-bond acceptors (Lipinski definition) is 4. The maximum atomic E-state index is 12.6. The summed E-state index contributed by atoms with van der Waals surface area (Å²) in [4.78, 5) is 23.6. The number of benzene rings is 1. The maximum Gasteiger partial charge on any atom is 0.308 e. The largest absolute Gasteiger partial charge is 0.493 e. The molecule has 114 valence electrons. The third-order valence-corrected chi connectivity index (χ3v) is 3.27. The van der Waals surface area contributed by atoms with Gasteiger partial charge in [-0.15, -0.1) is 0 Å². The minimum Gasteiger partial charge on any atom is -0.493 e. The summed E-state index contributed by atoms with van der Waals surface area (Å²) in [5.41, 5.74) is 0.497. The summed E-state index contributed by atoms with van der Waals surface area (Å²) in [6.07, 6.45) is 3.68. The fraction of sp³-hybridized carbons (Fsp3) is 0.235. The number of carbonyl (C=O) groups is 2.